The molecule has 2 fully saturated rings. The highest BCUT2D eigenvalue weighted by Gasteiger charge is 2.20. The molecule has 1 aliphatic heterocycles. The van der Waals surface area contributed by atoms with Gasteiger partial charge in [0.1, 0.15) is 0 Å². The van der Waals surface area contributed by atoms with Crippen LogP contribution in [-0.2, 0) is 0 Å². The zero-order chi connectivity index (χ0) is 10.5. The number of nitrogens with one attached hydrogen (secondary N) is 2. The Labute approximate surface area is 91.4 Å². The highest BCUT2D eigenvalue weighted by molar-refractivity contribution is 5.74. The van der Waals surface area contributed by atoms with Crippen LogP contribution in [0.4, 0.5) is 4.79 Å². The Hall–Kier alpha value is -0.770. The van der Waals surface area contributed by atoms with Gasteiger partial charge in [0.05, 0.1) is 0 Å². The lowest BCUT2D eigenvalue weighted by atomic mass is 9.96. The van der Waals surface area contributed by atoms with Crippen molar-refractivity contribution in [2.24, 2.45) is 0 Å². The first kappa shape index (κ1) is 10.7. The van der Waals surface area contributed by atoms with Crippen LogP contribution in [-0.4, -0.2) is 43.2 Å². The van der Waals surface area contributed by atoms with Crippen LogP contribution in [0.25, 0.3) is 0 Å². The maximum atomic E-state index is 11.8. The van der Waals surface area contributed by atoms with Crippen molar-refractivity contribution in [3.63, 3.8) is 0 Å². The smallest absolute Gasteiger partial charge is 0.317 e. The van der Waals surface area contributed by atoms with E-state index in [2.05, 4.69) is 17.1 Å². The molecule has 2 rings (SSSR count). The van der Waals surface area contributed by atoms with Crippen molar-refractivity contribution < 1.29 is 4.79 Å². The summed E-state index contributed by atoms with van der Waals surface area (Å²) in [7, 11) is 0. The van der Waals surface area contributed by atoms with Crippen molar-refractivity contribution in [3.05, 3.63) is 6.42 Å². The molecule has 2 amide bonds. The van der Waals surface area contributed by atoms with Gasteiger partial charge in [0.25, 0.3) is 0 Å². The Morgan fingerprint density at radius 3 is 2.60 bits per heavy atom. The number of urea groups is 1. The van der Waals surface area contributed by atoms with Gasteiger partial charge in [-0.05, 0) is 32.1 Å². The summed E-state index contributed by atoms with van der Waals surface area (Å²) in [6.45, 7) is 3.52. The molecule has 2 N–H and O–H groups in total. The minimum Gasteiger partial charge on any atom is -0.335 e. The van der Waals surface area contributed by atoms with Gasteiger partial charge in [-0.25, -0.2) is 4.79 Å². The van der Waals surface area contributed by atoms with Crippen LogP contribution in [0.3, 0.4) is 0 Å². The maximum Gasteiger partial charge on any atom is 0.317 e. The fourth-order valence-corrected chi connectivity index (χ4v) is 2.20. The molecule has 4 nitrogen and oxygen atoms in total. The first-order valence-electron chi connectivity index (χ1n) is 5.94. The number of hydrogen-bond donors (Lipinski definition) is 2. The Bertz CT molecular complexity index is 208. The molecule has 85 valence electrons. The van der Waals surface area contributed by atoms with Crippen LogP contribution in [0.1, 0.15) is 25.7 Å². The van der Waals surface area contributed by atoms with Gasteiger partial charge in [-0.1, -0.05) is 0 Å². The number of nitrogens with zero attached hydrogens (tertiary/aromatic N) is 1. The molecule has 0 spiro atoms. The quantitative estimate of drug-likeness (QED) is 0.670. The third kappa shape index (κ3) is 3.09. The van der Waals surface area contributed by atoms with E-state index in [1.165, 1.54) is 0 Å². The lowest BCUT2D eigenvalue weighted by molar-refractivity contribution is 0.184. The van der Waals surface area contributed by atoms with E-state index in [4.69, 9.17) is 0 Å². The minimum absolute atomic E-state index is 0.128. The third-order valence-electron chi connectivity index (χ3n) is 3.17. The van der Waals surface area contributed by atoms with Gasteiger partial charge in [-0.3, -0.25) is 0 Å². The SMILES string of the molecule is O=C(NC1CC[CH]CC1)N1CCNCC1. The van der Waals surface area contributed by atoms with Crippen LogP contribution in [0, 0.1) is 6.42 Å². The second-order valence-corrected chi connectivity index (χ2v) is 4.33. The van der Waals surface area contributed by atoms with Gasteiger partial charge in [-0.2, -0.15) is 0 Å². The Balaban J connectivity index is 1.74. The zero-order valence-electron chi connectivity index (χ0n) is 9.17. The highest BCUT2D eigenvalue weighted by atomic mass is 16.2. The van der Waals surface area contributed by atoms with Gasteiger partial charge in [0.2, 0.25) is 0 Å². The summed E-state index contributed by atoms with van der Waals surface area (Å²) >= 11 is 0. The van der Waals surface area contributed by atoms with E-state index in [0.717, 1.165) is 51.9 Å². The van der Waals surface area contributed by atoms with Gasteiger partial charge in [0.15, 0.2) is 0 Å². The molecule has 0 aromatic carbocycles. The predicted molar refractivity (Wildman–Crippen MR) is 59.5 cm³/mol. The van der Waals surface area contributed by atoms with Crippen LogP contribution >= 0.6 is 0 Å². The highest BCUT2D eigenvalue weighted by Crippen LogP contribution is 2.16. The van der Waals surface area contributed by atoms with E-state index in [0.29, 0.717) is 6.04 Å². The van der Waals surface area contributed by atoms with E-state index in [1.54, 1.807) is 0 Å². The Morgan fingerprint density at radius 1 is 1.27 bits per heavy atom. The molecule has 4 heteroatoms. The van der Waals surface area contributed by atoms with Crippen molar-refractivity contribution in [2.75, 3.05) is 26.2 Å². The molecule has 0 aromatic rings. The van der Waals surface area contributed by atoms with Crippen LogP contribution in [0.2, 0.25) is 0 Å². The van der Waals surface area contributed by atoms with Gasteiger partial charge >= 0.3 is 6.03 Å². The first-order valence-corrected chi connectivity index (χ1v) is 5.94. The average Bonchev–Trinajstić information content (AvgIpc) is 2.31. The number of rotatable bonds is 1. The first-order chi connectivity index (χ1) is 7.36. The molecule has 0 aromatic heterocycles. The Kier molecular flexibility index (Phi) is 3.83. The number of amides is 2. The summed E-state index contributed by atoms with van der Waals surface area (Å²) in [5.74, 6) is 0. The van der Waals surface area contributed by atoms with Crippen LogP contribution < -0.4 is 10.6 Å². The summed E-state index contributed by atoms with van der Waals surface area (Å²) in [5.41, 5.74) is 0. The molecule has 2 aliphatic rings. The molecule has 1 saturated carbocycles. The van der Waals surface area contributed by atoms with E-state index in [1.807, 2.05) is 4.90 Å². The second kappa shape index (κ2) is 5.35. The third-order valence-corrected chi connectivity index (χ3v) is 3.17. The molecule has 15 heavy (non-hydrogen) atoms. The molecule has 0 unspecified atom stereocenters. The lowest BCUT2D eigenvalue weighted by Gasteiger charge is -2.30. The van der Waals surface area contributed by atoms with Crippen molar-refractivity contribution >= 4 is 6.03 Å². The molecule has 1 heterocycles. The van der Waals surface area contributed by atoms with Crippen molar-refractivity contribution in [1.29, 1.82) is 0 Å². The van der Waals surface area contributed by atoms with E-state index in [9.17, 15) is 4.79 Å². The lowest BCUT2D eigenvalue weighted by Crippen LogP contribution is -2.52. The van der Waals surface area contributed by atoms with Crippen LogP contribution in [0.15, 0.2) is 0 Å². The molecule has 0 bridgehead atoms. The monoisotopic (exact) mass is 210 g/mol. The van der Waals surface area contributed by atoms with E-state index >= 15 is 0 Å². The average molecular weight is 210 g/mol. The fraction of sp³-hybridized carbons (Fsp3) is 0.818. The summed E-state index contributed by atoms with van der Waals surface area (Å²) < 4.78 is 0. The van der Waals surface area contributed by atoms with Gasteiger partial charge in [-0.15, -0.1) is 0 Å². The summed E-state index contributed by atoms with van der Waals surface area (Å²) in [4.78, 5) is 13.8. The fourth-order valence-electron chi connectivity index (χ4n) is 2.20. The number of hydrogen-bond acceptors (Lipinski definition) is 2. The standard InChI is InChI=1S/C11H20N3O/c15-11(14-8-6-12-7-9-14)13-10-4-2-1-3-5-10/h1,10,12H,2-9H2,(H,13,15). The molecule has 1 saturated heterocycles. The largest absolute Gasteiger partial charge is 0.335 e. The van der Waals surface area contributed by atoms with Crippen molar-refractivity contribution in [1.82, 2.24) is 15.5 Å². The molecule has 1 aliphatic carbocycles. The van der Waals surface area contributed by atoms with Crippen LogP contribution in [0.5, 0.6) is 0 Å². The van der Waals surface area contributed by atoms with E-state index in [-0.39, 0.29) is 6.03 Å². The maximum absolute atomic E-state index is 11.8. The summed E-state index contributed by atoms with van der Waals surface area (Å²) in [6, 6.07) is 0.529. The summed E-state index contributed by atoms with van der Waals surface area (Å²) in [5, 5.41) is 6.37. The normalized spacial score (nSPS) is 23.9. The second-order valence-electron chi connectivity index (χ2n) is 4.33. The predicted octanol–water partition coefficient (Wildman–Crippen LogP) is 0.748. The summed E-state index contributed by atoms with van der Waals surface area (Å²) in [6.07, 6.45) is 6.82. The molecular weight excluding hydrogens is 190 g/mol. The number of carbonyl (C=O) groups is 1. The van der Waals surface area contributed by atoms with Crippen molar-refractivity contribution in [2.45, 2.75) is 31.7 Å². The number of piperazine rings is 1. The van der Waals surface area contributed by atoms with Gasteiger partial charge in [0, 0.05) is 32.2 Å². The van der Waals surface area contributed by atoms with Gasteiger partial charge < -0.3 is 15.5 Å². The molecule has 0 atom stereocenters. The van der Waals surface area contributed by atoms with E-state index < -0.39 is 0 Å². The Morgan fingerprint density at radius 2 is 1.93 bits per heavy atom. The molecule has 1 radical (unpaired) electrons. The molecular formula is C11H20N3O. The zero-order valence-corrected chi connectivity index (χ0v) is 9.17. The topological polar surface area (TPSA) is 44.4 Å². The minimum atomic E-state index is 0.128. The number of carbonyl (C=O) groups excluding carboxylic acids is 1. The van der Waals surface area contributed by atoms with Crippen molar-refractivity contribution in [3.8, 4) is 0 Å².